The van der Waals surface area contributed by atoms with Crippen molar-refractivity contribution >= 4 is 23.2 Å². The molecule has 104 valence electrons. The maximum Gasteiger partial charge on any atom is 0.251 e. The van der Waals surface area contributed by atoms with E-state index in [1.165, 1.54) is 0 Å². The molecule has 2 amide bonds. The second-order valence-electron chi connectivity index (χ2n) is 4.62. The summed E-state index contributed by atoms with van der Waals surface area (Å²) < 4.78 is 0. The van der Waals surface area contributed by atoms with Crippen molar-refractivity contribution in [2.75, 3.05) is 18.0 Å². The molecule has 6 nitrogen and oxygen atoms in total. The lowest BCUT2D eigenvalue weighted by atomic mass is 10.1. The van der Waals surface area contributed by atoms with E-state index in [1.807, 2.05) is 13.8 Å². The molecule has 6 N–H and O–H groups in total. The van der Waals surface area contributed by atoms with Gasteiger partial charge in [0.2, 0.25) is 5.91 Å². The van der Waals surface area contributed by atoms with Gasteiger partial charge in [-0.1, -0.05) is 0 Å². The second kappa shape index (κ2) is 6.63. The molecule has 0 aromatic heterocycles. The maximum atomic E-state index is 11.8. The third-order valence-corrected chi connectivity index (χ3v) is 2.33. The molecule has 1 rings (SSSR count). The molecule has 0 heterocycles. The van der Waals surface area contributed by atoms with Gasteiger partial charge >= 0.3 is 0 Å². The molecule has 0 atom stereocenters. The van der Waals surface area contributed by atoms with Crippen LogP contribution in [-0.2, 0) is 4.79 Å². The smallest absolute Gasteiger partial charge is 0.251 e. The number of hydrogen-bond donors (Lipinski definition) is 4. The molecule has 0 aliphatic carbocycles. The highest BCUT2D eigenvalue weighted by Gasteiger charge is 2.08. The lowest BCUT2D eigenvalue weighted by Crippen LogP contribution is -2.34. The average Bonchev–Trinajstić information content (AvgIpc) is 2.26. The summed E-state index contributed by atoms with van der Waals surface area (Å²) in [6.07, 6.45) is 0.238. The third kappa shape index (κ3) is 5.29. The van der Waals surface area contributed by atoms with E-state index < -0.39 is 0 Å². The van der Waals surface area contributed by atoms with E-state index in [9.17, 15) is 9.59 Å². The van der Waals surface area contributed by atoms with Gasteiger partial charge < -0.3 is 22.1 Å². The highest BCUT2D eigenvalue weighted by Crippen LogP contribution is 2.13. The number of carbonyl (C=O) groups excluding carboxylic acids is 2. The van der Waals surface area contributed by atoms with E-state index in [1.54, 1.807) is 18.2 Å². The Morgan fingerprint density at radius 1 is 1.16 bits per heavy atom. The predicted octanol–water partition coefficient (Wildman–Crippen LogP) is 0.496. The zero-order valence-corrected chi connectivity index (χ0v) is 11.2. The van der Waals surface area contributed by atoms with Gasteiger partial charge in [0, 0.05) is 35.9 Å². The van der Waals surface area contributed by atoms with Crippen molar-refractivity contribution in [3.63, 3.8) is 0 Å². The molecule has 0 bridgehead atoms. The Bertz CT molecular complexity index is 451. The molecule has 1 aromatic carbocycles. The van der Waals surface area contributed by atoms with E-state index >= 15 is 0 Å². The number of nitrogens with one attached hydrogen (secondary N) is 2. The first-order valence-corrected chi connectivity index (χ1v) is 6.12. The number of nitrogen functional groups attached to an aromatic ring is 2. The normalized spacial score (nSPS) is 10.3. The van der Waals surface area contributed by atoms with Crippen molar-refractivity contribution in [1.82, 2.24) is 10.6 Å². The summed E-state index contributed by atoms with van der Waals surface area (Å²) in [6, 6.07) is 4.75. The highest BCUT2D eigenvalue weighted by atomic mass is 16.2. The fourth-order valence-corrected chi connectivity index (χ4v) is 1.59. The fourth-order valence-electron chi connectivity index (χ4n) is 1.59. The largest absolute Gasteiger partial charge is 0.399 e. The summed E-state index contributed by atoms with van der Waals surface area (Å²) in [4.78, 5) is 23.2. The number of nitrogens with two attached hydrogens (primary N) is 2. The van der Waals surface area contributed by atoms with Crippen molar-refractivity contribution in [2.45, 2.75) is 26.3 Å². The van der Waals surface area contributed by atoms with Crippen LogP contribution in [0.3, 0.4) is 0 Å². The van der Waals surface area contributed by atoms with E-state index in [-0.39, 0.29) is 30.8 Å². The zero-order valence-electron chi connectivity index (χ0n) is 11.2. The van der Waals surface area contributed by atoms with E-state index in [4.69, 9.17) is 11.5 Å². The first-order chi connectivity index (χ1) is 8.88. The van der Waals surface area contributed by atoms with Crippen molar-refractivity contribution in [1.29, 1.82) is 0 Å². The average molecular weight is 264 g/mol. The van der Waals surface area contributed by atoms with Crippen LogP contribution in [0.25, 0.3) is 0 Å². The molecule has 6 heteroatoms. The SMILES string of the molecule is CC(C)NC(=O)CCNC(=O)c1cc(N)cc(N)c1. The molecular formula is C13H20N4O2. The molecule has 0 spiro atoms. The number of amides is 2. The second-order valence-corrected chi connectivity index (χ2v) is 4.62. The number of carbonyl (C=O) groups is 2. The number of rotatable bonds is 5. The number of benzene rings is 1. The topological polar surface area (TPSA) is 110 Å². The molecule has 0 aliphatic heterocycles. The van der Waals surface area contributed by atoms with E-state index in [2.05, 4.69) is 10.6 Å². The van der Waals surface area contributed by atoms with Crippen LogP contribution >= 0.6 is 0 Å². The summed E-state index contributed by atoms with van der Waals surface area (Å²) in [5.41, 5.74) is 12.5. The van der Waals surface area contributed by atoms with Crippen LogP contribution < -0.4 is 22.1 Å². The first-order valence-electron chi connectivity index (χ1n) is 6.12. The predicted molar refractivity (Wildman–Crippen MR) is 75.5 cm³/mol. The molecule has 0 saturated heterocycles. The lowest BCUT2D eigenvalue weighted by molar-refractivity contribution is -0.121. The van der Waals surface area contributed by atoms with Gasteiger partial charge in [0.1, 0.15) is 0 Å². The van der Waals surface area contributed by atoms with Crippen molar-refractivity contribution < 1.29 is 9.59 Å². The van der Waals surface area contributed by atoms with E-state index in [0.29, 0.717) is 16.9 Å². The van der Waals surface area contributed by atoms with Gasteiger partial charge in [0.05, 0.1) is 0 Å². The van der Waals surface area contributed by atoms with Gasteiger partial charge in [-0.3, -0.25) is 9.59 Å². The van der Waals surface area contributed by atoms with Crippen molar-refractivity contribution in [2.24, 2.45) is 0 Å². The summed E-state index contributed by atoms with van der Waals surface area (Å²) in [5.74, 6) is -0.390. The van der Waals surface area contributed by atoms with Gasteiger partial charge in [-0.15, -0.1) is 0 Å². The summed E-state index contributed by atoms with van der Waals surface area (Å²) in [6.45, 7) is 4.03. The Hall–Kier alpha value is -2.24. The van der Waals surface area contributed by atoms with Crippen LogP contribution in [0.1, 0.15) is 30.6 Å². The van der Waals surface area contributed by atoms with Crippen LogP contribution in [0, 0.1) is 0 Å². The van der Waals surface area contributed by atoms with Crippen LogP contribution in [0.15, 0.2) is 18.2 Å². The van der Waals surface area contributed by atoms with Gasteiger partial charge in [-0.25, -0.2) is 0 Å². The summed E-state index contributed by atoms with van der Waals surface area (Å²) in [5, 5.41) is 5.39. The zero-order chi connectivity index (χ0) is 14.4. The summed E-state index contributed by atoms with van der Waals surface area (Å²) in [7, 11) is 0. The Kier molecular flexibility index (Phi) is 5.17. The Balaban J connectivity index is 2.45. The maximum absolute atomic E-state index is 11.8. The number of anilines is 2. The highest BCUT2D eigenvalue weighted by molar-refractivity contribution is 5.96. The van der Waals surface area contributed by atoms with Gasteiger partial charge in [-0.05, 0) is 32.0 Å². The minimum Gasteiger partial charge on any atom is -0.399 e. The quantitative estimate of drug-likeness (QED) is 0.580. The van der Waals surface area contributed by atoms with Crippen LogP contribution in [0.4, 0.5) is 11.4 Å². The van der Waals surface area contributed by atoms with Gasteiger partial charge in [0.25, 0.3) is 5.91 Å². The molecule has 0 aliphatic rings. The van der Waals surface area contributed by atoms with Crippen LogP contribution in [-0.4, -0.2) is 24.4 Å². The Labute approximate surface area is 112 Å². The number of hydrogen-bond acceptors (Lipinski definition) is 4. The third-order valence-electron chi connectivity index (χ3n) is 2.33. The summed E-state index contributed by atoms with van der Waals surface area (Å²) >= 11 is 0. The molecule has 0 saturated carbocycles. The lowest BCUT2D eigenvalue weighted by Gasteiger charge is -2.09. The van der Waals surface area contributed by atoms with Crippen LogP contribution in [0.5, 0.6) is 0 Å². The first kappa shape index (κ1) is 14.8. The van der Waals surface area contributed by atoms with Gasteiger partial charge in [0.15, 0.2) is 0 Å². The van der Waals surface area contributed by atoms with Crippen LogP contribution in [0.2, 0.25) is 0 Å². The Morgan fingerprint density at radius 3 is 2.26 bits per heavy atom. The molecule has 1 aromatic rings. The minimum absolute atomic E-state index is 0.0944. The molecule has 0 unspecified atom stereocenters. The molecule has 0 radical (unpaired) electrons. The molecule has 19 heavy (non-hydrogen) atoms. The van der Waals surface area contributed by atoms with Gasteiger partial charge in [-0.2, -0.15) is 0 Å². The Morgan fingerprint density at radius 2 is 1.74 bits per heavy atom. The van der Waals surface area contributed by atoms with Crippen molar-refractivity contribution in [3.05, 3.63) is 23.8 Å². The molecular weight excluding hydrogens is 244 g/mol. The van der Waals surface area contributed by atoms with E-state index in [0.717, 1.165) is 0 Å². The fraction of sp³-hybridized carbons (Fsp3) is 0.385. The van der Waals surface area contributed by atoms with Crippen molar-refractivity contribution in [3.8, 4) is 0 Å². The minimum atomic E-state index is -0.295. The standard InChI is InChI=1S/C13H20N4O2/c1-8(2)17-12(18)3-4-16-13(19)9-5-10(14)7-11(15)6-9/h5-8H,3-4,14-15H2,1-2H3,(H,16,19)(H,17,18). The monoisotopic (exact) mass is 264 g/mol. The molecule has 0 fully saturated rings.